The normalized spacial score (nSPS) is 22.0. The summed E-state index contributed by atoms with van der Waals surface area (Å²) in [5.41, 5.74) is 5.13. The number of sulfonamides is 1. The third-order valence-electron chi connectivity index (χ3n) is 8.68. The van der Waals surface area contributed by atoms with Crippen LogP contribution in [-0.2, 0) is 30.7 Å². The Bertz CT molecular complexity index is 1490. The number of benzene rings is 2. The molecular formula is C31H41N3O11S. The molecule has 0 spiro atoms. The molecule has 0 saturated carbocycles. The van der Waals surface area contributed by atoms with Gasteiger partial charge in [0.15, 0.2) is 17.8 Å². The quantitative estimate of drug-likeness (QED) is 0.270. The van der Waals surface area contributed by atoms with Gasteiger partial charge in [-0.3, -0.25) is 4.90 Å². The number of ether oxygens (including phenoxy) is 5. The predicted octanol–water partition coefficient (Wildman–Crippen LogP) is 2.63. The zero-order valence-corrected chi connectivity index (χ0v) is 26.6. The first-order chi connectivity index (χ1) is 21.9. The van der Waals surface area contributed by atoms with E-state index in [0.29, 0.717) is 18.8 Å². The third-order valence-corrected chi connectivity index (χ3v) is 10.5. The SMILES string of the molecule is CC(C)(CCOC(N)=O)CN(C[C@@H](O)[C@H](Cc1ccccc1)N(C(=O)O)[C@H]1CO[C@H]2OCC[C@H]21)S(=O)(=O)c1ccc2c(c1)OCO2. The molecule has 2 aromatic rings. The highest BCUT2D eigenvalue weighted by molar-refractivity contribution is 7.89. The van der Waals surface area contributed by atoms with Crippen LogP contribution in [0.3, 0.4) is 0 Å². The van der Waals surface area contributed by atoms with Crippen LogP contribution >= 0.6 is 0 Å². The van der Waals surface area contributed by atoms with Crippen LogP contribution < -0.4 is 15.2 Å². The number of nitrogens with two attached hydrogens (primary N) is 1. The molecule has 252 valence electrons. The van der Waals surface area contributed by atoms with Crippen LogP contribution in [-0.4, -0.2) is 104 Å². The van der Waals surface area contributed by atoms with Crippen molar-refractivity contribution in [1.82, 2.24) is 9.21 Å². The highest BCUT2D eigenvalue weighted by Crippen LogP contribution is 2.38. The van der Waals surface area contributed by atoms with Crippen molar-refractivity contribution in [3.63, 3.8) is 0 Å². The van der Waals surface area contributed by atoms with Gasteiger partial charge in [-0.25, -0.2) is 18.0 Å². The lowest BCUT2D eigenvalue weighted by molar-refractivity contribution is -0.0906. The summed E-state index contributed by atoms with van der Waals surface area (Å²) < 4.78 is 56.8. The Morgan fingerprint density at radius 1 is 1.11 bits per heavy atom. The van der Waals surface area contributed by atoms with E-state index in [9.17, 15) is 28.2 Å². The van der Waals surface area contributed by atoms with Crippen LogP contribution in [0.2, 0.25) is 0 Å². The minimum atomic E-state index is -4.28. The standard InChI is InChI=1S/C31H41N3O11S/c1-31(2,11-13-42-29(32)36)18-33(46(39,40)21-8-9-26-27(15-21)45-19-44-26)16-25(35)23(14-20-6-4-3-5-7-20)34(30(37)38)24-17-43-28-22(24)10-12-41-28/h3-9,15,22-25,28,35H,10-14,16-19H2,1-2H3,(H2,32,36)(H,37,38)/t22-,23-,24-,25+,28+/m0/s1. The van der Waals surface area contributed by atoms with Crippen LogP contribution in [0.15, 0.2) is 53.4 Å². The average molecular weight is 664 g/mol. The molecule has 15 heteroatoms. The molecule has 14 nitrogen and oxygen atoms in total. The van der Waals surface area contributed by atoms with Crippen LogP contribution in [0, 0.1) is 11.3 Å². The van der Waals surface area contributed by atoms with Crippen molar-refractivity contribution in [2.24, 2.45) is 17.1 Å². The molecule has 3 aliphatic rings. The lowest BCUT2D eigenvalue weighted by Gasteiger charge is -2.40. The summed E-state index contributed by atoms with van der Waals surface area (Å²) in [4.78, 5) is 25.2. The largest absolute Gasteiger partial charge is 0.465 e. The van der Waals surface area contributed by atoms with Gasteiger partial charge in [0.1, 0.15) is 0 Å². The monoisotopic (exact) mass is 663 g/mol. The number of primary amides is 1. The second kappa shape index (κ2) is 14.0. The highest BCUT2D eigenvalue weighted by Gasteiger charge is 2.49. The van der Waals surface area contributed by atoms with Crippen LogP contribution in [0.5, 0.6) is 11.5 Å². The fourth-order valence-corrected chi connectivity index (χ4v) is 7.95. The summed E-state index contributed by atoms with van der Waals surface area (Å²) in [6, 6.07) is 11.7. The van der Waals surface area contributed by atoms with Crippen molar-refractivity contribution < 1.29 is 51.9 Å². The molecule has 2 fully saturated rings. The van der Waals surface area contributed by atoms with Gasteiger partial charge >= 0.3 is 12.2 Å². The van der Waals surface area contributed by atoms with Crippen molar-refractivity contribution in [3.8, 4) is 11.5 Å². The molecule has 5 rings (SSSR count). The summed E-state index contributed by atoms with van der Waals surface area (Å²) in [5, 5.41) is 22.5. The molecule has 0 aromatic heterocycles. The predicted molar refractivity (Wildman–Crippen MR) is 163 cm³/mol. The molecule has 46 heavy (non-hydrogen) atoms. The summed E-state index contributed by atoms with van der Waals surface area (Å²) in [5.74, 6) is 0.450. The second-order valence-electron chi connectivity index (χ2n) is 12.5. The van der Waals surface area contributed by atoms with Gasteiger partial charge in [-0.05, 0) is 42.4 Å². The van der Waals surface area contributed by atoms with E-state index in [0.717, 1.165) is 9.87 Å². The number of aliphatic hydroxyl groups excluding tert-OH is 1. The molecule has 3 heterocycles. The van der Waals surface area contributed by atoms with Crippen molar-refractivity contribution in [3.05, 3.63) is 54.1 Å². The number of hydrogen-bond acceptors (Lipinski definition) is 10. The van der Waals surface area contributed by atoms with E-state index in [1.807, 2.05) is 30.3 Å². The first-order valence-electron chi connectivity index (χ1n) is 15.1. The minimum Gasteiger partial charge on any atom is -0.465 e. The number of rotatable bonds is 14. The highest BCUT2D eigenvalue weighted by atomic mass is 32.2. The Balaban J connectivity index is 1.48. The Labute approximate surface area is 268 Å². The fourth-order valence-electron chi connectivity index (χ4n) is 6.28. The van der Waals surface area contributed by atoms with Gasteiger partial charge in [0.25, 0.3) is 0 Å². The summed E-state index contributed by atoms with van der Waals surface area (Å²) in [6.07, 6.45) is -3.21. The smallest absolute Gasteiger partial charge is 0.407 e. The lowest BCUT2D eigenvalue weighted by Crippen LogP contribution is -2.58. The Morgan fingerprint density at radius 3 is 2.57 bits per heavy atom. The average Bonchev–Trinajstić information content (AvgIpc) is 3.75. The van der Waals surface area contributed by atoms with E-state index in [4.69, 9.17) is 29.4 Å². The molecule has 0 aliphatic carbocycles. The maximum Gasteiger partial charge on any atom is 0.407 e. The van der Waals surface area contributed by atoms with Crippen LogP contribution in [0.4, 0.5) is 9.59 Å². The Morgan fingerprint density at radius 2 is 1.85 bits per heavy atom. The Hall–Kier alpha value is -3.63. The van der Waals surface area contributed by atoms with E-state index in [1.165, 1.54) is 23.1 Å². The van der Waals surface area contributed by atoms with Gasteiger partial charge in [0.05, 0.1) is 42.9 Å². The maximum atomic E-state index is 14.3. The van der Waals surface area contributed by atoms with E-state index in [-0.39, 0.29) is 56.0 Å². The van der Waals surface area contributed by atoms with Crippen LogP contribution in [0.1, 0.15) is 32.3 Å². The third kappa shape index (κ3) is 7.66. The van der Waals surface area contributed by atoms with Gasteiger partial charge in [0.2, 0.25) is 16.8 Å². The molecule has 0 unspecified atom stereocenters. The zero-order valence-electron chi connectivity index (χ0n) is 25.8. The second-order valence-corrected chi connectivity index (χ2v) is 14.4. The number of carbonyl (C=O) groups is 2. The van der Waals surface area contributed by atoms with Crippen molar-refractivity contribution >= 4 is 22.2 Å². The number of fused-ring (bicyclic) bond motifs is 2. The molecule has 4 N–H and O–H groups in total. The van der Waals surface area contributed by atoms with Gasteiger partial charge in [0, 0.05) is 25.1 Å². The number of aliphatic hydroxyl groups is 1. The van der Waals surface area contributed by atoms with Crippen molar-refractivity contribution in [2.75, 3.05) is 39.7 Å². The topological polar surface area (TPSA) is 187 Å². The van der Waals surface area contributed by atoms with Crippen LogP contribution in [0.25, 0.3) is 0 Å². The van der Waals surface area contributed by atoms with E-state index in [2.05, 4.69) is 0 Å². The van der Waals surface area contributed by atoms with Gasteiger partial charge in [-0.2, -0.15) is 4.31 Å². The lowest BCUT2D eigenvalue weighted by atomic mass is 9.89. The fraction of sp³-hybridized carbons (Fsp3) is 0.548. The molecule has 3 aliphatic heterocycles. The zero-order chi connectivity index (χ0) is 33.1. The van der Waals surface area contributed by atoms with E-state index in [1.54, 1.807) is 13.8 Å². The Kier molecular flexibility index (Phi) is 10.3. The summed E-state index contributed by atoms with van der Waals surface area (Å²) >= 11 is 0. The number of hydrogen-bond donors (Lipinski definition) is 3. The molecule has 5 atom stereocenters. The van der Waals surface area contributed by atoms with E-state index < -0.39 is 58.6 Å². The van der Waals surface area contributed by atoms with Gasteiger partial charge in [-0.15, -0.1) is 0 Å². The molecule has 0 radical (unpaired) electrons. The molecule has 2 aromatic carbocycles. The first-order valence-corrected chi connectivity index (χ1v) is 16.6. The molecular weight excluding hydrogens is 622 g/mol. The van der Waals surface area contributed by atoms with E-state index >= 15 is 0 Å². The number of amides is 2. The number of carboxylic acid groups (broad SMARTS) is 1. The number of carbonyl (C=O) groups excluding carboxylic acids is 1. The molecule has 0 bridgehead atoms. The number of nitrogens with zero attached hydrogens (tertiary/aromatic N) is 2. The maximum absolute atomic E-state index is 14.3. The van der Waals surface area contributed by atoms with Gasteiger partial charge < -0.3 is 39.6 Å². The first kappa shape index (κ1) is 33.7. The summed E-state index contributed by atoms with van der Waals surface area (Å²) in [6.45, 7) is 3.50. The van der Waals surface area contributed by atoms with Crippen molar-refractivity contribution in [1.29, 1.82) is 0 Å². The van der Waals surface area contributed by atoms with Crippen molar-refractivity contribution in [2.45, 2.75) is 62.5 Å². The van der Waals surface area contributed by atoms with Gasteiger partial charge in [-0.1, -0.05) is 44.2 Å². The molecule has 2 amide bonds. The minimum absolute atomic E-state index is 0.0431. The summed E-state index contributed by atoms with van der Waals surface area (Å²) in [7, 11) is -4.28. The molecule has 2 saturated heterocycles.